The van der Waals surface area contributed by atoms with E-state index in [1.54, 1.807) is 0 Å². The molecule has 71 heavy (non-hydrogen) atoms. The second-order valence-corrected chi connectivity index (χ2v) is 26.2. The van der Waals surface area contributed by atoms with Crippen LogP contribution in [0.4, 0.5) is 0 Å². The number of benzene rings is 1. The lowest BCUT2D eigenvalue weighted by molar-refractivity contribution is -0.222. The zero-order valence-electron chi connectivity index (χ0n) is 44.1. The normalized spacial score (nSPS) is 38.6. The van der Waals surface area contributed by atoms with E-state index in [9.17, 15) is 24.9 Å². The van der Waals surface area contributed by atoms with Crippen LogP contribution in [0, 0.1) is 44.8 Å². The highest BCUT2D eigenvalue weighted by atomic mass is 16.6. The van der Waals surface area contributed by atoms with Crippen molar-refractivity contribution in [2.45, 2.75) is 199 Å². The van der Waals surface area contributed by atoms with Crippen molar-refractivity contribution in [2.24, 2.45) is 44.8 Å². The molecule has 2 aromatic heterocycles. The highest BCUT2D eigenvalue weighted by Gasteiger charge is 2.73. The first kappa shape index (κ1) is 49.7. The fraction of sp³-hybridized carbons (Fsp3) is 0.717. The van der Waals surface area contributed by atoms with E-state index in [-0.39, 0.29) is 29.1 Å². The molecule has 0 unspecified atom stereocenters. The van der Waals surface area contributed by atoms with Crippen molar-refractivity contribution in [3.05, 3.63) is 69.6 Å². The van der Waals surface area contributed by atoms with Crippen molar-refractivity contribution in [1.29, 1.82) is 0 Å². The van der Waals surface area contributed by atoms with Gasteiger partial charge in [0.25, 0.3) is 0 Å². The van der Waals surface area contributed by atoms with Gasteiger partial charge in [-0.1, -0.05) is 72.1 Å². The number of carbonyl (C=O) groups excluding carboxylic acids is 3. The van der Waals surface area contributed by atoms with Crippen molar-refractivity contribution in [1.82, 2.24) is 14.9 Å². The average molecular weight is 974 g/mol. The van der Waals surface area contributed by atoms with Crippen molar-refractivity contribution in [3.63, 3.8) is 0 Å². The fourth-order valence-corrected chi connectivity index (χ4v) is 17.8. The van der Waals surface area contributed by atoms with Crippen LogP contribution in [0.3, 0.4) is 0 Å². The van der Waals surface area contributed by atoms with Crippen LogP contribution in [-0.4, -0.2) is 93.4 Å². The van der Waals surface area contributed by atoms with Crippen molar-refractivity contribution in [2.75, 3.05) is 26.8 Å². The number of ketones is 2. The summed E-state index contributed by atoms with van der Waals surface area (Å²) in [5.41, 5.74) is 4.49. The molecule has 11 nitrogen and oxygen atoms in total. The zero-order chi connectivity index (χ0) is 50.3. The fourth-order valence-electron chi connectivity index (χ4n) is 17.8. The average Bonchev–Trinajstić information content (AvgIpc) is 3.57. The number of hydrogen-bond acceptors (Lipinski definition) is 9. The van der Waals surface area contributed by atoms with Crippen LogP contribution in [0.1, 0.15) is 184 Å². The Labute approximate surface area is 421 Å². The summed E-state index contributed by atoms with van der Waals surface area (Å²) in [5.74, 6) is -0.387. The van der Waals surface area contributed by atoms with E-state index >= 15 is 4.79 Å². The molecular weight excluding hydrogens is 891 g/mol. The van der Waals surface area contributed by atoms with Gasteiger partial charge in [-0.15, -0.1) is 0 Å². The summed E-state index contributed by atoms with van der Waals surface area (Å²) < 4.78 is 14.1. The number of aromatic amines is 1. The third kappa shape index (κ3) is 7.48. The number of rotatable bonds is 11. The molecule has 11 rings (SSSR count). The molecule has 0 bridgehead atoms. The van der Waals surface area contributed by atoms with Crippen LogP contribution in [0.5, 0.6) is 0 Å². The molecule has 5 N–H and O–H groups in total. The van der Waals surface area contributed by atoms with Gasteiger partial charge in [-0.25, -0.2) is 0 Å². The molecule has 3 aromatic rings. The number of Topliss-reactive ketones (excluding diaryl/α,β-unsaturated/α-hetero) is 2. The molecular formula is C60H83N3O8. The SMILES string of the molecule is CNCC[C@]1(C)C(=O)CC[C@@]2(C)[C@H]3[C@H](O)[C@@H]4Cn5cc([C@H](C=O)c6cc(C7CCCCC7)cc(C7(O)CCOCC7)c6)c6[nH]cc(c65)CC[C@@](C)(C[C@@H](O)[C@H]5OC5(C)C)C5=C4[C@](C)(CC5=O)[C@@]3(C)CC[C@H]21. The Morgan fingerprint density at radius 3 is 2.37 bits per heavy atom. The second-order valence-electron chi connectivity index (χ2n) is 26.2. The number of aldehydes is 1. The molecule has 12 atom stereocenters. The molecule has 3 aliphatic heterocycles. The number of allylic oxidation sites excluding steroid dienone is 1. The quantitative estimate of drug-likeness (QED) is 0.0930. The van der Waals surface area contributed by atoms with E-state index in [4.69, 9.17) is 9.47 Å². The summed E-state index contributed by atoms with van der Waals surface area (Å²) in [4.78, 5) is 47.3. The van der Waals surface area contributed by atoms with Crippen LogP contribution in [-0.2, 0) is 42.4 Å². The van der Waals surface area contributed by atoms with Crippen molar-refractivity contribution >= 4 is 28.9 Å². The standard InChI is InChI=1S/C60H83N3O8/c1-54(2)53(71-54)44(66)29-55(3)17-14-36-31-62-49-40(42(34-64)38-26-37(35-12-10-9-11-13-35)27-39(28-38)60(69)21-24-70-25-22-60)32-63(50(36)49)33-41-47-48(55)43(65)30-59(47,7)58(6)19-15-45-56(4,20-23-61-8)46(67)16-18-57(45,5)52(58)51(41)68/h26-28,31-32,34-35,41-42,44-45,51-53,61-62,66,68-69H,9-25,29-30,33H2,1-8H3/t41-,42-,44-,45+,51-,52-,53-,55+,56+,57-,58+,59+/m1/s1. The Bertz CT molecular complexity index is 2650. The van der Waals surface area contributed by atoms with Gasteiger partial charge in [-0.05, 0) is 147 Å². The molecule has 8 aliphatic rings. The van der Waals surface area contributed by atoms with E-state index in [1.807, 2.05) is 20.9 Å². The van der Waals surface area contributed by atoms with Crippen LogP contribution < -0.4 is 5.32 Å². The molecule has 386 valence electrons. The van der Waals surface area contributed by atoms with Crippen LogP contribution >= 0.6 is 0 Å². The first-order valence-corrected chi connectivity index (χ1v) is 27.8. The maximum Gasteiger partial charge on any atom is 0.160 e. The van der Waals surface area contributed by atoms with Gasteiger partial charge < -0.3 is 44.5 Å². The van der Waals surface area contributed by atoms with E-state index in [1.165, 1.54) is 24.8 Å². The summed E-state index contributed by atoms with van der Waals surface area (Å²) in [6.07, 6.45) is 15.7. The number of nitrogens with zero attached hydrogens (tertiary/aromatic N) is 1. The highest BCUT2D eigenvalue weighted by molar-refractivity contribution is 6.02. The Balaban J connectivity index is 1.08. The van der Waals surface area contributed by atoms with E-state index in [2.05, 4.69) is 80.1 Å². The van der Waals surface area contributed by atoms with Gasteiger partial charge in [-0.3, -0.25) is 9.59 Å². The summed E-state index contributed by atoms with van der Waals surface area (Å²) in [5, 5.41) is 41.5. The third-order valence-corrected chi connectivity index (χ3v) is 21.9. The van der Waals surface area contributed by atoms with Crippen molar-refractivity contribution in [3.8, 4) is 0 Å². The van der Waals surface area contributed by atoms with Gasteiger partial charge in [0.15, 0.2) is 5.78 Å². The number of hydrogen-bond donors (Lipinski definition) is 5. The Morgan fingerprint density at radius 2 is 1.68 bits per heavy atom. The number of aliphatic hydroxyl groups is 3. The molecule has 5 aliphatic carbocycles. The van der Waals surface area contributed by atoms with E-state index in [0.29, 0.717) is 82.8 Å². The predicted octanol–water partition coefficient (Wildman–Crippen LogP) is 9.51. The highest BCUT2D eigenvalue weighted by Crippen LogP contribution is 2.76. The summed E-state index contributed by atoms with van der Waals surface area (Å²) >= 11 is 0. The lowest BCUT2D eigenvalue weighted by atomic mass is 9.34. The number of epoxide rings is 1. The van der Waals surface area contributed by atoms with Gasteiger partial charge in [0.1, 0.15) is 18.2 Å². The topological polar surface area (TPSA) is 166 Å². The van der Waals surface area contributed by atoms with Gasteiger partial charge >= 0.3 is 0 Å². The molecule has 0 spiro atoms. The summed E-state index contributed by atoms with van der Waals surface area (Å²) in [6, 6.07) is 6.53. The lowest BCUT2D eigenvalue weighted by Gasteiger charge is -2.70. The number of ether oxygens (including phenoxy) is 2. The summed E-state index contributed by atoms with van der Waals surface area (Å²) in [6.45, 7) is 17.6. The molecule has 1 aromatic carbocycles. The maximum atomic E-state index is 15.5. The van der Waals surface area contributed by atoms with Crippen LogP contribution in [0.15, 0.2) is 41.7 Å². The number of aromatic nitrogens is 2. The van der Waals surface area contributed by atoms with Gasteiger partial charge in [-0.2, -0.15) is 0 Å². The predicted molar refractivity (Wildman–Crippen MR) is 274 cm³/mol. The van der Waals surface area contributed by atoms with Gasteiger partial charge in [0, 0.05) is 85.7 Å². The lowest BCUT2D eigenvalue weighted by Crippen LogP contribution is -2.68. The molecule has 11 heteroatoms. The van der Waals surface area contributed by atoms with E-state index in [0.717, 1.165) is 89.4 Å². The van der Waals surface area contributed by atoms with Crippen LogP contribution in [0.25, 0.3) is 11.0 Å². The number of carbonyl (C=O) groups is 3. The number of nitrogens with one attached hydrogen (secondary N) is 2. The summed E-state index contributed by atoms with van der Waals surface area (Å²) in [7, 11) is 1.95. The Kier molecular flexibility index (Phi) is 12.1. The molecule has 2 saturated heterocycles. The van der Waals surface area contributed by atoms with Gasteiger partial charge in [0.2, 0.25) is 0 Å². The number of aryl methyl sites for hydroxylation is 1. The monoisotopic (exact) mass is 974 g/mol. The molecule has 6 fully saturated rings. The van der Waals surface area contributed by atoms with Crippen molar-refractivity contribution < 1.29 is 39.2 Å². The first-order chi connectivity index (χ1) is 33.7. The molecule has 0 radical (unpaired) electrons. The third-order valence-electron chi connectivity index (χ3n) is 21.9. The van der Waals surface area contributed by atoms with Crippen LogP contribution in [0.2, 0.25) is 0 Å². The Hall–Kier alpha value is -3.45. The minimum Gasteiger partial charge on any atom is -0.392 e. The van der Waals surface area contributed by atoms with Gasteiger partial charge in [0.05, 0.1) is 40.4 Å². The smallest absolute Gasteiger partial charge is 0.160 e. The Morgan fingerprint density at radius 1 is 0.944 bits per heavy atom. The number of aliphatic hydroxyl groups excluding tert-OH is 2. The van der Waals surface area contributed by atoms with E-state index < -0.39 is 56.9 Å². The largest absolute Gasteiger partial charge is 0.392 e. The molecule has 5 heterocycles. The zero-order valence-corrected chi connectivity index (χ0v) is 44.1. The number of H-pyrrole nitrogens is 1. The second kappa shape index (κ2) is 17.3. The minimum absolute atomic E-state index is 0.0767. The molecule has 4 saturated carbocycles. The maximum absolute atomic E-state index is 15.5. The number of fused-ring (bicyclic) bond motifs is 4. The minimum atomic E-state index is -1.05. The first-order valence-electron chi connectivity index (χ1n) is 27.8. The molecule has 0 amide bonds.